The highest BCUT2D eigenvalue weighted by atomic mass is 32.2. The summed E-state index contributed by atoms with van der Waals surface area (Å²) in [6, 6.07) is 15.9. The number of hydrogen-bond donors (Lipinski definition) is 2. The fraction of sp³-hybridized carbons (Fsp3) is 0.250. The third-order valence-electron chi connectivity index (χ3n) is 5.47. The van der Waals surface area contributed by atoms with Crippen molar-refractivity contribution in [3.05, 3.63) is 66.2 Å². The Morgan fingerprint density at radius 1 is 1.03 bits per heavy atom. The van der Waals surface area contributed by atoms with Crippen molar-refractivity contribution in [1.82, 2.24) is 4.31 Å². The van der Waals surface area contributed by atoms with Gasteiger partial charge >= 0.3 is 5.97 Å². The van der Waals surface area contributed by atoms with Crippen LogP contribution in [0.1, 0.15) is 17.3 Å². The van der Waals surface area contributed by atoms with Gasteiger partial charge in [0.15, 0.2) is 6.10 Å². The van der Waals surface area contributed by atoms with E-state index in [1.807, 2.05) is 12.1 Å². The quantitative estimate of drug-likeness (QED) is 0.516. The number of phenols is 1. The highest BCUT2D eigenvalue weighted by molar-refractivity contribution is 7.89. The predicted octanol–water partition coefficient (Wildman–Crippen LogP) is 2.75. The maximum Gasteiger partial charge on any atom is 0.342 e. The van der Waals surface area contributed by atoms with Gasteiger partial charge in [-0.15, -0.1) is 0 Å². The fourth-order valence-electron chi connectivity index (χ4n) is 3.56. The summed E-state index contributed by atoms with van der Waals surface area (Å²) in [5, 5.41) is 14.3. The number of benzene rings is 3. The van der Waals surface area contributed by atoms with Crippen LogP contribution in [0.5, 0.6) is 5.75 Å². The lowest BCUT2D eigenvalue weighted by molar-refractivity contribution is -0.123. The Hall–Kier alpha value is -3.47. The minimum Gasteiger partial charge on any atom is -0.507 e. The highest BCUT2D eigenvalue weighted by Gasteiger charge is 2.26. The van der Waals surface area contributed by atoms with Gasteiger partial charge in [-0.25, -0.2) is 13.2 Å². The zero-order chi connectivity index (χ0) is 24.3. The van der Waals surface area contributed by atoms with Crippen LogP contribution in [-0.4, -0.2) is 62.1 Å². The summed E-state index contributed by atoms with van der Waals surface area (Å²) < 4.78 is 37.2. The van der Waals surface area contributed by atoms with Crippen molar-refractivity contribution < 1.29 is 32.6 Å². The van der Waals surface area contributed by atoms with Gasteiger partial charge in [0.2, 0.25) is 10.0 Å². The monoisotopic (exact) mass is 484 g/mol. The highest BCUT2D eigenvalue weighted by Crippen LogP contribution is 2.26. The van der Waals surface area contributed by atoms with Gasteiger partial charge in [-0.2, -0.15) is 4.31 Å². The minimum atomic E-state index is -3.64. The molecule has 1 saturated heterocycles. The zero-order valence-electron chi connectivity index (χ0n) is 18.4. The lowest BCUT2D eigenvalue weighted by atomic mass is 10.1. The van der Waals surface area contributed by atoms with Crippen molar-refractivity contribution in [2.75, 3.05) is 31.6 Å². The van der Waals surface area contributed by atoms with Crippen molar-refractivity contribution in [3.63, 3.8) is 0 Å². The second-order valence-electron chi connectivity index (χ2n) is 7.79. The normalized spacial score (nSPS) is 15.6. The SMILES string of the molecule is C[C@@H](OC(=O)c1cc2ccccc2cc1O)C(=O)Nc1ccc(S(=O)(=O)N2CCOCC2)cc1. The average Bonchev–Trinajstić information content (AvgIpc) is 2.84. The molecule has 1 aliphatic rings. The van der Waals surface area contributed by atoms with Gasteiger partial charge in [-0.3, -0.25) is 4.79 Å². The lowest BCUT2D eigenvalue weighted by Gasteiger charge is -2.26. The number of nitrogens with zero attached hydrogens (tertiary/aromatic N) is 1. The van der Waals surface area contributed by atoms with Gasteiger partial charge in [0, 0.05) is 18.8 Å². The molecule has 1 aliphatic heterocycles. The number of morpholine rings is 1. The number of aromatic hydroxyl groups is 1. The molecule has 1 atom stereocenters. The molecule has 0 bridgehead atoms. The van der Waals surface area contributed by atoms with Crippen LogP contribution in [-0.2, 0) is 24.3 Å². The Kier molecular flexibility index (Phi) is 6.82. The van der Waals surface area contributed by atoms with E-state index in [0.29, 0.717) is 18.9 Å². The molecular weight excluding hydrogens is 460 g/mol. The molecule has 34 heavy (non-hydrogen) atoms. The molecular formula is C24H24N2O7S. The number of phenolic OH excluding ortho intramolecular Hbond substituents is 1. The first-order chi connectivity index (χ1) is 16.3. The number of amides is 1. The van der Waals surface area contributed by atoms with E-state index >= 15 is 0 Å². The lowest BCUT2D eigenvalue weighted by Crippen LogP contribution is -2.40. The Morgan fingerprint density at radius 3 is 2.29 bits per heavy atom. The Bertz CT molecular complexity index is 1320. The summed E-state index contributed by atoms with van der Waals surface area (Å²) >= 11 is 0. The zero-order valence-corrected chi connectivity index (χ0v) is 19.2. The van der Waals surface area contributed by atoms with E-state index in [1.54, 1.807) is 12.1 Å². The van der Waals surface area contributed by atoms with Crippen LogP contribution >= 0.6 is 0 Å². The van der Waals surface area contributed by atoms with Gasteiger partial charge in [0.05, 0.1) is 18.1 Å². The summed E-state index contributed by atoms with van der Waals surface area (Å²) in [6.07, 6.45) is -1.16. The molecule has 0 aromatic heterocycles. The number of hydrogen-bond acceptors (Lipinski definition) is 7. The molecule has 1 heterocycles. The van der Waals surface area contributed by atoms with Crippen molar-refractivity contribution in [1.29, 1.82) is 0 Å². The van der Waals surface area contributed by atoms with Gasteiger partial charge in [-0.05, 0) is 54.1 Å². The number of sulfonamides is 1. The maximum absolute atomic E-state index is 12.7. The first-order valence-corrected chi connectivity index (χ1v) is 12.1. The van der Waals surface area contributed by atoms with E-state index in [-0.39, 0.29) is 29.3 Å². The molecule has 10 heteroatoms. The smallest absolute Gasteiger partial charge is 0.342 e. The number of anilines is 1. The van der Waals surface area contributed by atoms with E-state index in [1.165, 1.54) is 47.6 Å². The molecule has 9 nitrogen and oxygen atoms in total. The van der Waals surface area contributed by atoms with Crippen LogP contribution in [0.4, 0.5) is 5.69 Å². The van der Waals surface area contributed by atoms with Gasteiger partial charge in [0.25, 0.3) is 5.91 Å². The summed E-state index contributed by atoms with van der Waals surface area (Å²) in [5.74, 6) is -1.68. The van der Waals surface area contributed by atoms with Crippen LogP contribution in [0.15, 0.2) is 65.6 Å². The molecule has 0 saturated carbocycles. The number of nitrogens with one attached hydrogen (secondary N) is 1. The van der Waals surface area contributed by atoms with Crippen LogP contribution in [0.3, 0.4) is 0 Å². The molecule has 3 aromatic carbocycles. The number of esters is 1. The third-order valence-corrected chi connectivity index (χ3v) is 7.38. The Labute approximate surface area is 196 Å². The van der Waals surface area contributed by atoms with E-state index in [0.717, 1.165) is 10.8 Å². The van der Waals surface area contributed by atoms with Crippen molar-refractivity contribution in [2.45, 2.75) is 17.9 Å². The molecule has 178 valence electrons. The molecule has 1 amide bonds. The van der Waals surface area contributed by atoms with E-state index < -0.39 is 28.0 Å². The van der Waals surface area contributed by atoms with Crippen LogP contribution < -0.4 is 5.32 Å². The number of carbonyl (C=O) groups is 2. The van der Waals surface area contributed by atoms with E-state index in [4.69, 9.17) is 9.47 Å². The Morgan fingerprint density at radius 2 is 1.65 bits per heavy atom. The van der Waals surface area contributed by atoms with Crippen LogP contribution in [0, 0.1) is 0 Å². The number of rotatable bonds is 6. The molecule has 0 spiro atoms. The van der Waals surface area contributed by atoms with Crippen molar-refractivity contribution in [3.8, 4) is 5.75 Å². The minimum absolute atomic E-state index is 0.0453. The average molecular weight is 485 g/mol. The summed E-state index contributed by atoms with van der Waals surface area (Å²) in [6.45, 7) is 2.68. The third kappa shape index (κ3) is 5.04. The molecule has 0 radical (unpaired) electrons. The first-order valence-electron chi connectivity index (χ1n) is 10.7. The predicted molar refractivity (Wildman–Crippen MR) is 125 cm³/mol. The molecule has 3 aromatic rings. The van der Waals surface area contributed by atoms with Gasteiger partial charge < -0.3 is 19.9 Å². The molecule has 0 aliphatic carbocycles. The summed E-state index contributed by atoms with van der Waals surface area (Å²) in [7, 11) is -3.64. The summed E-state index contributed by atoms with van der Waals surface area (Å²) in [5.41, 5.74) is 0.304. The topological polar surface area (TPSA) is 122 Å². The van der Waals surface area contributed by atoms with Crippen LogP contribution in [0.2, 0.25) is 0 Å². The van der Waals surface area contributed by atoms with Crippen molar-refractivity contribution >= 4 is 38.4 Å². The molecule has 4 rings (SSSR count). The molecule has 2 N–H and O–H groups in total. The second-order valence-corrected chi connectivity index (χ2v) is 9.73. The number of carbonyl (C=O) groups excluding carboxylic acids is 2. The number of fused-ring (bicyclic) bond motifs is 1. The maximum atomic E-state index is 12.7. The second kappa shape index (κ2) is 9.80. The number of ether oxygens (including phenoxy) is 2. The fourth-order valence-corrected chi connectivity index (χ4v) is 4.97. The van der Waals surface area contributed by atoms with Crippen LogP contribution in [0.25, 0.3) is 10.8 Å². The van der Waals surface area contributed by atoms with E-state index in [2.05, 4.69) is 5.32 Å². The first kappa shape index (κ1) is 23.7. The van der Waals surface area contributed by atoms with Gasteiger partial charge in [0.1, 0.15) is 11.3 Å². The molecule has 0 unspecified atom stereocenters. The summed E-state index contributed by atoms with van der Waals surface area (Å²) in [4.78, 5) is 25.2. The van der Waals surface area contributed by atoms with Gasteiger partial charge in [-0.1, -0.05) is 24.3 Å². The van der Waals surface area contributed by atoms with Crippen molar-refractivity contribution in [2.24, 2.45) is 0 Å². The largest absolute Gasteiger partial charge is 0.507 e. The van der Waals surface area contributed by atoms with E-state index in [9.17, 15) is 23.1 Å². The molecule has 1 fully saturated rings. The standard InChI is InChI=1S/C24H24N2O7S/c1-16(33-24(29)21-14-17-4-2-3-5-18(17)15-22(21)27)23(28)25-19-6-8-20(9-7-19)34(30,31)26-10-12-32-13-11-26/h2-9,14-16,27H,10-13H2,1H3,(H,25,28)/t16-/m1/s1. The Balaban J connectivity index is 1.40.